The van der Waals surface area contributed by atoms with Crippen LogP contribution < -0.4 is 0 Å². The van der Waals surface area contributed by atoms with E-state index in [4.69, 9.17) is 4.74 Å². The van der Waals surface area contributed by atoms with Crippen LogP contribution in [0.15, 0.2) is 36.6 Å². The van der Waals surface area contributed by atoms with Crippen LogP contribution in [-0.4, -0.2) is 12.9 Å². The van der Waals surface area contributed by atoms with Crippen molar-refractivity contribution in [2.75, 3.05) is 7.11 Å². The van der Waals surface area contributed by atoms with Gasteiger partial charge in [-0.05, 0) is 19.4 Å². The Morgan fingerprint density at radius 1 is 1.31 bits per heavy atom. The first-order valence-corrected chi connectivity index (χ1v) is 4.14. The standard InChI is InChI=1S/C11H16O2/c1-9(5-7-10(2)12)6-8-11(3)13-4/h6,8H,1,3,5,7H2,2,4H3/b8-6-. The molecule has 72 valence electrons. The van der Waals surface area contributed by atoms with Gasteiger partial charge in [0, 0.05) is 6.42 Å². The summed E-state index contributed by atoms with van der Waals surface area (Å²) in [5, 5.41) is 0. The van der Waals surface area contributed by atoms with Crippen LogP contribution in [0.2, 0.25) is 0 Å². The molecular formula is C11H16O2. The van der Waals surface area contributed by atoms with Crippen LogP contribution in [0, 0.1) is 0 Å². The molecule has 0 saturated carbocycles. The summed E-state index contributed by atoms with van der Waals surface area (Å²) >= 11 is 0. The summed E-state index contributed by atoms with van der Waals surface area (Å²) in [6.45, 7) is 8.99. The predicted octanol–water partition coefficient (Wildman–Crippen LogP) is 2.63. The van der Waals surface area contributed by atoms with Gasteiger partial charge in [0.1, 0.15) is 11.5 Å². The fraction of sp³-hybridized carbons (Fsp3) is 0.364. The molecule has 0 N–H and O–H groups in total. The summed E-state index contributed by atoms with van der Waals surface area (Å²) in [6.07, 6.45) is 4.79. The molecule has 0 heterocycles. The molecule has 0 spiro atoms. The number of carbonyl (C=O) groups is 1. The number of rotatable bonds is 6. The van der Waals surface area contributed by atoms with Crippen molar-refractivity contribution in [1.82, 2.24) is 0 Å². The lowest BCUT2D eigenvalue weighted by molar-refractivity contribution is -0.116. The van der Waals surface area contributed by atoms with Gasteiger partial charge in [-0.1, -0.05) is 24.8 Å². The molecule has 0 unspecified atom stereocenters. The van der Waals surface area contributed by atoms with Crippen molar-refractivity contribution in [2.45, 2.75) is 19.8 Å². The quantitative estimate of drug-likeness (QED) is 0.464. The normalized spacial score (nSPS) is 10.0. The van der Waals surface area contributed by atoms with Gasteiger partial charge in [0.15, 0.2) is 0 Å². The molecule has 0 aliphatic heterocycles. The second-order valence-electron chi connectivity index (χ2n) is 2.86. The first-order valence-electron chi connectivity index (χ1n) is 4.14. The summed E-state index contributed by atoms with van der Waals surface area (Å²) < 4.78 is 4.84. The molecule has 13 heavy (non-hydrogen) atoms. The third kappa shape index (κ3) is 7.06. The number of allylic oxidation sites excluding steroid dienone is 3. The van der Waals surface area contributed by atoms with Crippen molar-refractivity contribution < 1.29 is 9.53 Å². The Morgan fingerprint density at radius 3 is 2.38 bits per heavy atom. The lowest BCUT2D eigenvalue weighted by Crippen LogP contribution is -1.89. The van der Waals surface area contributed by atoms with Crippen molar-refractivity contribution in [3.63, 3.8) is 0 Å². The van der Waals surface area contributed by atoms with Crippen molar-refractivity contribution in [3.8, 4) is 0 Å². The highest BCUT2D eigenvalue weighted by molar-refractivity contribution is 5.75. The van der Waals surface area contributed by atoms with E-state index >= 15 is 0 Å². The largest absolute Gasteiger partial charge is 0.497 e. The minimum atomic E-state index is 0.181. The molecule has 0 radical (unpaired) electrons. The molecule has 0 saturated heterocycles. The highest BCUT2D eigenvalue weighted by atomic mass is 16.5. The molecule has 0 rings (SSSR count). The van der Waals surface area contributed by atoms with Gasteiger partial charge in [0.05, 0.1) is 7.11 Å². The Kier molecular flexibility index (Phi) is 5.60. The lowest BCUT2D eigenvalue weighted by Gasteiger charge is -1.98. The van der Waals surface area contributed by atoms with Gasteiger partial charge in [-0.2, -0.15) is 0 Å². The Labute approximate surface area is 79.6 Å². The Bertz CT molecular complexity index is 236. The molecule has 0 aromatic heterocycles. The van der Waals surface area contributed by atoms with Crippen molar-refractivity contribution in [3.05, 3.63) is 36.6 Å². The maximum atomic E-state index is 10.6. The van der Waals surface area contributed by atoms with E-state index in [0.29, 0.717) is 18.6 Å². The van der Waals surface area contributed by atoms with Gasteiger partial charge in [0.2, 0.25) is 0 Å². The van der Waals surface area contributed by atoms with Gasteiger partial charge in [-0.3, -0.25) is 0 Å². The zero-order valence-corrected chi connectivity index (χ0v) is 8.30. The minimum Gasteiger partial charge on any atom is -0.497 e. The number of carbonyl (C=O) groups excluding carboxylic acids is 1. The first kappa shape index (κ1) is 11.7. The molecule has 0 atom stereocenters. The number of ketones is 1. The van der Waals surface area contributed by atoms with E-state index in [1.54, 1.807) is 20.1 Å². The summed E-state index contributed by atoms with van der Waals surface area (Å²) in [5.74, 6) is 0.768. The molecule has 0 fully saturated rings. The zero-order valence-electron chi connectivity index (χ0n) is 8.30. The van der Waals surface area contributed by atoms with Crippen molar-refractivity contribution in [1.29, 1.82) is 0 Å². The van der Waals surface area contributed by atoms with E-state index in [2.05, 4.69) is 13.2 Å². The van der Waals surface area contributed by atoms with Crippen LogP contribution in [0.4, 0.5) is 0 Å². The van der Waals surface area contributed by atoms with Crippen molar-refractivity contribution >= 4 is 5.78 Å². The average molecular weight is 180 g/mol. The molecule has 0 amide bonds. The third-order valence-corrected chi connectivity index (χ3v) is 1.57. The molecule has 0 aromatic rings. The topological polar surface area (TPSA) is 26.3 Å². The van der Waals surface area contributed by atoms with Crippen LogP contribution in [0.25, 0.3) is 0 Å². The number of methoxy groups -OCH3 is 1. The fourth-order valence-corrected chi connectivity index (χ4v) is 0.699. The van der Waals surface area contributed by atoms with Crippen LogP contribution in [0.1, 0.15) is 19.8 Å². The van der Waals surface area contributed by atoms with Crippen LogP contribution >= 0.6 is 0 Å². The molecule has 0 aliphatic rings. The van der Waals surface area contributed by atoms with Crippen molar-refractivity contribution in [2.24, 2.45) is 0 Å². The van der Waals surface area contributed by atoms with Crippen LogP contribution in [0.5, 0.6) is 0 Å². The van der Waals surface area contributed by atoms with Crippen LogP contribution in [0.3, 0.4) is 0 Å². The third-order valence-electron chi connectivity index (χ3n) is 1.57. The Morgan fingerprint density at radius 2 is 1.92 bits per heavy atom. The van der Waals surface area contributed by atoms with E-state index in [9.17, 15) is 4.79 Å². The van der Waals surface area contributed by atoms with E-state index in [1.165, 1.54) is 0 Å². The SMILES string of the molecule is C=C(/C=C\C(=C)OC)CCC(C)=O. The molecule has 2 nitrogen and oxygen atoms in total. The number of Topliss-reactive ketones (excluding diaryl/α,β-unsaturated/α-hetero) is 1. The summed E-state index contributed by atoms with van der Waals surface area (Å²) in [7, 11) is 1.56. The van der Waals surface area contributed by atoms with E-state index in [0.717, 1.165) is 5.57 Å². The first-order chi connectivity index (χ1) is 6.06. The smallest absolute Gasteiger partial charge is 0.130 e. The summed E-state index contributed by atoms with van der Waals surface area (Å²) in [5.41, 5.74) is 0.911. The second-order valence-corrected chi connectivity index (χ2v) is 2.86. The van der Waals surface area contributed by atoms with E-state index < -0.39 is 0 Å². The van der Waals surface area contributed by atoms with E-state index in [1.807, 2.05) is 6.08 Å². The zero-order chi connectivity index (χ0) is 10.3. The Balaban J connectivity index is 3.80. The molecule has 0 bridgehead atoms. The van der Waals surface area contributed by atoms with Gasteiger partial charge in [-0.15, -0.1) is 0 Å². The maximum Gasteiger partial charge on any atom is 0.130 e. The molecule has 2 heteroatoms. The highest BCUT2D eigenvalue weighted by Gasteiger charge is 1.94. The number of hydrogen-bond acceptors (Lipinski definition) is 2. The predicted molar refractivity (Wildman–Crippen MR) is 54.3 cm³/mol. The Hall–Kier alpha value is -1.31. The number of hydrogen-bond donors (Lipinski definition) is 0. The second kappa shape index (κ2) is 6.23. The fourth-order valence-electron chi connectivity index (χ4n) is 0.699. The minimum absolute atomic E-state index is 0.181. The lowest BCUT2D eigenvalue weighted by atomic mass is 10.1. The van der Waals surface area contributed by atoms with Crippen LogP contribution in [-0.2, 0) is 9.53 Å². The van der Waals surface area contributed by atoms with E-state index in [-0.39, 0.29) is 5.78 Å². The summed E-state index contributed by atoms with van der Waals surface area (Å²) in [4.78, 5) is 10.6. The maximum absolute atomic E-state index is 10.6. The van der Waals surface area contributed by atoms with Gasteiger partial charge in [0.25, 0.3) is 0 Å². The number of ether oxygens (including phenoxy) is 1. The monoisotopic (exact) mass is 180 g/mol. The van der Waals surface area contributed by atoms with Gasteiger partial charge < -0.3 is 9.53 Å². The molecular weight excluding hydrogens is 164 g/mol. The highest BCUT2D eigenvalue weighted by Crippen LogP contribution is 2.06. The van der Waals surface area contributed by atoms with Gasteiger partial charge in [-0.25, -0.2) is 0 Å². The van der Waals surface area contributed by atoms with Gasteiger partial charge >= 0.3 is 0 Å². The average Bonchev–Trinajstić information content (AvgIpc) is 2.10. The molecule has 0 aliphatic carbocycles. The molecule has 0 aromatic carbocycles. The summed E-state index contributed by atoms with van der Waals surface area (Å²) in [6, 6.07) is 0.